The fourth-order valence-corrected chi connectivity index (χ4v) is 4.25. The van der Waals surface area contributed by atoms with Crippen LogP contribution in [0.4, 0.5) is 23.2 Å². The van der Waals surface area contributed by atoms with E-state index in [9.17, 15) is 27.2 Å². The normalized spacial score (nSPS) is 12.6. The van der Waals surface area contributed by atoms with Gasteiger partial charge >= 0.3 is 11.9 Å². The number of aryl methyl sites for hydroxylation is 2. The second-order valence-corrected chi connectivity index (χ2v) is 8.69. The Labute approximate surface area is 217 Å². The monoisotopic (exact) mass is 540 g/mol. The number of hydrogen-bond donors (Lipinski definition) is 2. The number of carbonyl (C=O) groups excluding carboxylic acids is 1. The molecule has 5 aromatic rings. The van der Waals surface area contributed by atoms with Crippen molar-refractivity contribution in [1.29, 1.82) is 0 Å². The summed E-state index contributed by atoms with van der Waals surface area (Å²) in [6, 6.07) is 8.70. The predicted octanol–water partition coefficient (Wildman–Crippen LogP) is 3.54. The maximum atomic E-state index is 14.2. The number of fused-ring (bicyclic) bond motifs is 1. The van der Waals surface area contributed by atoms with Crippen molar-refractivity contribution < 1.29 is 22.4 Å². The first-order valence-electron chi connectivity index (χ1n) is 11.4. The summed E-state index contributed by atoms with van der Waals surface area (Å²) < 4.78 is 60.4. The van der Waals surface area contributed by atoms with Gasteiger partial charge in [-0.1, -0.05) is 12.1 Å². The highest BCUT2D eigenvalue weighted by Gasteiger charge is 2.43. The summed E-state index contributed by atoms with van der Waals surface area (Å²) in [5, 5.41) is 10.8. The van der Waals surface area contributed by atoms with Crippen LogP contribution in [-0.4, -0.2) is 41.0 Å². The van der Waals surface area contributed by atoms with Gasteiger partial charge in [0.2, 0.25) is 0 Å². The van der Waals surface area contributed by atoms with Crippen LogP contribution in [0.2, 0.25) is 0 Å². The molecule has 0 aliphatic carbocycles. The Bertz CT molecular complexity index is 1770. The predicted molar refractivity (Wildman–Crippen MR) is 133 cm³/mol. The number of rotatable bonds is 6. The fraction of sp³-hybridized carbons (Fsp3) is 0.160. The Morgan fingerprint density at radius 2 is 1.79 bits per heavy atom. The summed E-state index contributed by atoms with van der Waals surface area (Å²) in [6.07, 6.45) is -2.23. The van der Waals surface area contributed by atoms with E-state index in [4.69, 9.17) is 5.73 Å². The molecule has 3 heterocycles. The fourth-order valence-electron chi connectivity index (χ4n) is 4.25. The van der Waals surface area contributed by atoms with Gasteiger partial charge in [-0.3, -0.25) is 9.78 Å². The lowest BCUT2D eigenvalue weighted by atomic mass is 10.1. The molecule has 0 saturated carbocycles. The van der Waals surface area contributed by atoms with Gasteiger partial charge in [0, 0.05) is 30.7 Å². The van der Waals surface area contributed by atoms with E-state index in [-0.39, 0.29) is 22.6 Å². The first-order valence-corrected chi connectivity index (χ1v) is 11.4. The van der Waals surface area contributed by atoms with E-state index in [1.807, 2.05) is 0 Å². The minimum absolute atomic E-state index is 0.0722. The standard InChI is InChI=1S/C25H20F4N8O2/c1-13-33-35(2)24(39)37(13)16-6-3-14(4-7-16)19-12-20-21(31-9-10-36(20)34-19)22(25(27,28)29)32-15-5-8-18(26)17(11-15)23(30)38/h3-12,22,32H,1-2H3,(H2,30,38). The van der Waals surface area contributed by atoms with Crippen LogP contribution in [-0.2, 0) is 7.05 Å². The molecule has 0 aliphatic heterocycles. The van der Waals surface area contributed by atoms with Crippen molar-refractivity contribution in [2.45, 2.75) is 19.1 Å². The Hall–Kier alpha value is -5.01. The van der Waals surface area contributed by atoms with Crippen molar-refractivity contribution >= 4 is 17.1 Å². The number of alkyl halides is 3. The lowest BCUT2D eigenvalue weighted by Crippen LogP contribution is -2.29. The van der Waals surface area contributed by atoms with E-state index in [0.29, 0.717) is 22.8 Å². The van der Waals surface area contributed by atoms with Crippen LogP contribution >= 0.6 is 0 Å². The molecule has 0 saturated heterocycles. The highest BCUT2D eigenvalue weighted by molar-refractivity contribution is 5.94. The van der Waals surface area contributed by atoms with Crippen LogP contribution in [0.25, 0.3) is 22.5 Å². The molecule has 2 aromatic carbocycles. The summed E-state index contributed by atoms with van der Waals surface area (Å²) in [7, 11) is 1.54. The molecule has 39 heavy (non-hydrogen) atoms. The van der Waals surface area contributed by atoms with Crippen molar-refractivity contribution in [3.8, 4) is 16.9 Å². The minimum atomic E-state index is -4.82. The number of halogens is 4. The van der Waals surface area contributed by atoms with E-state index in [2.05, 4.69) is 20.5 Å². The SMILES string of the molecule is Cc1nn(C)c(=O)n1-c1ccc(-c2cc3c(C(Nc4ccc(F)c(C(N)=O)c4)C(F)(F)F)nccn3n2)cc1. The number of benzene rings is 2. The zero-order valence-corrected chi connectivity index (χ0v) is 20.4. The van der Waals surface area contributed by atoms with Crippen LogP contribution in [0, 0.1) is 12.7 Å². The average Bonchev–Trinajstić information content (AvgIpc) is 3.42. The summed E-state index contributed by atoms with van der Waals surface area (Å²) in [5.74, 6) is -1.57. The zero-order chi connectivity index (χ0) is 28.1. The molecule has 200 valence electrons. The first-order chi connectivity index (χ1) is 18.4. The molecule has 0 spiro atoms. The van der Waals surface area contributed by atoms with Gasteiger partial charge in [-0.05, 0) is 43.3 Å². The van der Waals surface area contributed by atoms with Crippen molar-refractivity contribution in [2.75, 3.05) is 5.32 Å². The molecule has 5 rings (SSSR count). The number of nitrogens with zero attached hydrogens (tertiary/aromatic N) is 6. The van der Waals surface area contributed by atoms with Gasteiger partial charge < -0.3 is 11.1 Å². The minimum Gasteiger partial charge on any atom is -0.369 e. The summed E-state index contributed by atoms with van der Waals surface area (Å²) in [5.41, 5.74) is 5.29. The molecule has 10 nitrogen and oxygen atoms in total. The molecule has 0 fully saturated rings. The number of hydrogen-bond acceptors (Lipinski definition) is 6. The molecular weight excluding hydrogens is 520 g/mol. The molecule has 14 heteroatoms. The van der Waals surface area contributed by atoms with Gasteiger partial charge in [0.25, 0.3) is 5.91 Å². The topological polar surface area (TPSA) is 125 Å². The third kappa shape index (κ3) is 4.71. The smallest absolute Gasteiger partial charge is 0.369 e. The van der Waals surface area contributed by atoms with Crippen LogP contribution in [0.1, 0.15) is 27.9 Å². The second-order valence-electron chi connectivity index (χ2n) is 8.69. The van der Waals surface area contributed by atoms with Gasteiger partial charge in [-0.25, -0.2) is 22.9 Å². The number of aromatic nitrogens is 6. The summed E-state index contributed by atoms with van der Waals surface area (Å²) >= 11 is 0. The molecule has 0 bridgehead atoms. The number of amides is 1. The van der Waals surface area contributed by atoms with Gasteiger partial charge in [-0.15, -0.1) is 0 Å². The zero-order valence-electron chi connectivity index (χ0n) is 20.4. The molecule has 3 N–H and O–H groups in total. The van der Waals surface area contributed by atoms with Crippen LogP contribution < -0.4 is 16.7 Å². The van der Waals surface area contributed by atoms with E-state index >= 15 is 0 Å². The van der Waals surface area contributed by atoms with E-state index < -0.39 is 29.5 Å². The second kappa shape index (κ2) is 9.38. The molecule has 1 amide bonds. The molecule has 1 atom stereocenters. The van der Waals surface area contributed by atoms with E-state index in [1.165, 1.54) is 39.3 Å². The lowest BCUT2D eigenvalue weighted by Gasteiger charge is -2.23. The van der Waals surface area contributed by atoms with Gasteiger partial charge in [0.1, 0.15) is 11.6 Å². The van der Waals surface area contributed by atoms with E-state index in [1.54, 1.807) is 31.2 Å². The lowest BCUT2D eigenvalue weighted by molar-refractivity contribution is -0.144. The van der Waals surface area contributed by atoms with Crippen molar-refractivity contribution in [2.24, 2.45) is 12.8 Å². The number of nitrogens with two attached hydrogens (primary N) is 1. The van der Waals surface area contributed by atoms with Gasteiger partial charge in [0.15, 0.2) is 6.04 Å². The maximum Gasteiger partial charge on any atom is 0.414 e. The molecule has 0 radical (unpaired) electrons. The third-order valence-corrected chi connectivity index (χ3v) is 6.07. The van der Waals surface area contributed by atoms with Crippen LogP contribution in [0.5, 0.6) is 0 Å². The van der Waals surface area contributed by atoms with Crippen molar-refractivity contribution in [3.63, 3.8) is 0 Å². The van der Waals surface area contributed by atoms with Crippen LogP contribution in [0.15, 0.2) is 65.7 Å². The molecule has 3 aromatic heterocycles. The molecular formula is C25H20F4N8O2. The maximum absolute atomic E-state index is 14.2. The van der Waals surface area contributed by atoms with Crippen molar-refractivity contribution in [3.05, 3.63) is 94.3 Å². The number of primary amides is 1. The highest BCUT2D eigenvalue weighted by Crippen LogP contribution is 2.37. The Kier molecular flexibility index (Phi) is 6.17. The Morgan fingerprint density at radius 3 is 2.41 bits per heavy atom. The number of nitrogens with one attached hydrogen (secondary N) is 1. The highest BCUT2D eigenvalue weighted by atomic mass is 19.4. The first kappa shape index (κ1) is 25.6. The van der Waals surface area contributed by atoms with Gasteiger partial charge in [-0.2, -0.15) is 23.4 Å². The van der Waals surface area contributed by atoms with E-state index in [0.717, 1.165) is 18.2 Å². The average molecular weight is 540 g/mol. The Balaban J connectivity index is 1.53. The third-order valence-electron chi connectivity index (χ3n) is 6.07. The molecule has 1 unspecified atom stereocenters. The van der Waals surface area contributed by atoms with Crippen molar-refractivity contribution in [1.82, 2.24) is 28.9 Å². The van der Waals surface area contributed by atoms with Gasteiger partial charge in [0.05, 0.1) is 28.2 Å². The number of carbonyl (C=O) groups is 1. The number of anilines is 1. The quantitative estimate of drug-likeness (QED) is 0.318. The summed E-state index contributed by atoms with van der Waals surface area (Å²) in [6.45, 7) is 1.69. The summed E-state index contributed by atoms with van der Waals surface area (Å²) in [4.78, 5) is 27.8. The molecule has 0 aliphatic rings. The Morgan fingerprint density at radius 1 is 1.08 bits per heavy atom. The largest absolute Gasteiger partial charge is 0.414 e. The van der Waals surface area contributed by atoms with Crippen LogP contribution in [0.3, 0.4) is 0 Å².